The van der Waals surface area contributed by atoms with Crippen molar-refractivity contribution >= 4 is 0 Å². The molecule has 8 saturated carbocycles. The summed E-state index contributed by atoms with van der Waals surface area (Å²) >= 11 is 0. The van der Waals surface area contributed by atoms with E-state index in [1.165, 1.54) is 57.8 Å². The predicted octanol–water partition coefficient (Wildman–Crippen LogP) is 5.48. The largest absolute Gasteiger partial charge is 0.0897 e. The molecule has 0 aliphatic heterocycles. The zero-order valence-corrected chi connectivity index (χ0v) is 13.9. The van der Waals surface area contributed by atoms with Gasteiger partial charge in [0, 0.05) is 11.0 Å². The molecule has 0 N–H and O–H groups in total. The van der Waals surface area contributed by atoms with Crippen LogP contribution in [-0.2, 0) is 0 Å². The highest BCUT2D eigenvalue weighted by molar-refractivity contribution is 5.35. The van der Waals surface area contributed by atoms with Gasteiger partial charge in [-0.05, 0) is 111 Å². The van der Waals surface area contributed by atoms with E-state index in [0.29, 0.717) is 17.9 Å². The van der Waals surface area contributed by atoms with Crippen LogP contribution >= 0.6 is 0 Å². The number of rotatable bonds is 1. The summed E-state index contributed by atoms with van der Waals surface area (Å²) in [6.45, 7) is 0. The van der Waals surface area contributed by atoms with Crippen LogP contribution in [0.5, 0.6) is 0 Å². The lowest BCUT2D eigenvalue weighted by Gasteiger charge is -2.59. The summed E-state index contributed by atoms with van der Waals surface area (Å²) in [5, 5.41) is 4.33. The Morgan fingerprint density at radius 2 is 1.30 bits per heavy atom. The van der Waals surface area contributed by atoms with Crippen LogP contribution in [0.2, 0.25) is 0 Å². The van der Waals surface area contributed by atoms with Crippen molar-refractivity contribution in [1.29, 1.82) is 0 Å². The summed E-state index contributed by atoms with van der Waals surface area (Å²) in [5.41, 5.74) is 12.9. The Morgan fingerprint density at radius 1 is 0.696 bits per heavy atom. The van der Waals surface area contributed by atoms with Gasteiger partial charge in [0.05, 0.1) is 0 Å². The molecule has 3 heteroatoms. The summed E-state index contributed by atoms with van der Waals surface area (Å²) in [7, 11) is 0. The molecule has 5 atom stereocenters. The molecule has 0 aromatic heterocycles. The second-order valence-corrected chi connectivity index (χ2v) is 9.78. The monoisotopic (exact) mass is 309 g/mol. The molecule has 0 radical (unpaired) electrons. The quantitative estimate of drug-likeness (QED) is 0.266. The van der Waals surface area contributed by atoms with Gasteiger partial charge in [-0.2, -0.15) is 0 Å². The van der Waals surface area contributed by atoms with Crippen LogP contribution in [-0.4, -0.2) is 6.04 Å². The van der Waals surface area contributed by atoms with Crippen molar-refractivity contribution in [3.8, 4) is 0 Å². The highest BCUT2D eigenvalue weighted by atomic mass is 15.2. The molecule has 122 valence electrons. The van der Waals surface area contributed by atoms with Crippen LogP contribution in [0.4, 0.5) is 0 Å². The number of nitrogens with zero attached hydrogens (tertiary/aromatic N) is 3. The normalized spacial score (nSPS) is 55.4. The molecule has 1 unspecified atom stereocenters. The van der Waals surface area contributed by atoms with Crippen LogP contribution in [0.25, 0.3) is 10.4 Å². The molecule has 8 rings (SSSR count). The third-order valence-electron chi connectivity index (χ3n) is 8.70. The Bertz CT molecular complexity index is 599. The minimum absolute atomic E-state index is 0.299. The molecule has 23 heavy (non-hydrogen) atoms. The smallest absolute Gasteiger partial charge is 0.0468 e. The van der Waals surface area contributed by atoms with Crippen LogP contribution in [0, 0.1) is 47.3 Å². The Kier molecular flexibility index (Phi) is 2.65. The lowest BCUT2D eigenvalue weighted by atomic mass is 9.47. The van der Waals surface area contributed by atoms with Gasteiger partial charge in [-0.1, -0.05) is 16.3 Å². The average molecular weight is 309 g/mol. The summed E-state index contributed by atoms with van der Waals surface area (Å²) in [6, 6.07) is 0.299. The van der Waals surface area contributed by atoms with Crippen LogP contribution in [0.15, 0.2) is 16.3 Å². The topological polar surface area (TPSA) is 48.8 Å². The fraction of sp³-hybridized carbons (Fsp3) is 0.900. The first kappa shape index (κ1) is 13.4. The Balaban J connectivity index is 1.47. The van der Waals surface area contributed by atoms with E-state index < -0.39 is 0 Å². The Morgan fingerprint density at radius 3 is 1.96 bits per heavy atom. The number of hydrogen-bond acceptors (Lipinski definition) is 1. The molecule has 0 saturated heterocycles. The first-order chi connectivity index (χ1) is 11.3. The minimum atomic E-state index is 0.299. The molecule has 0 aromatic rings. The SMILES string of the molecule is [N-]=[N+]=NC1[C@@H]2C[C@H]3C[C@@H](C2)C(=C2C4CC5CC(C4)CC2C5)[C@@H]1C3. The van der Waals surface area contributed by atoms with Crippen molar-refractivity contribution in [2.24, 2.45) is 52.5 Å². The van der Waals surface area contributed by atoms with Gasteiger partial charge in [0.2, 0.25) is 0 Å². The standard InChI is InChI=1S/C20H27N3/c21-23-22-20-16-7-12-6-15(9-16)19(17(20)8-12)18-13-2-10-1-11(4-13)5-14(18)3-10/h10-17,20H,1-9H2/t10?,11?,12-,13?,14?,15+,16-,17+,20?/m1/s1. The van der Waals surface area contributed by atoms with E-state index in [-0.39, 0.29) is 0 Å². The molecule has 0 spiro atoms. The van der Waals surface area contributed by atoms with Crippen molar-refractivity contribution in [2.45, 2.75) is 63.8 Å². The molecular formula is C20H27N3. The van der Waals surface area contributed by atoms with Crippen LogP contribution in [0.3, 0.4) is 0 Å². The summed E-state index contributed by atoms with van der Waals surface area (Å²) in [5.74, 6) is 7.09. The predicted molar refractivity (Wildman–Crippen MR) is 89.4 cm³/mol. The molecule has 3 nitrogen and oxygen atoms in total. The molecule has 8 aliphatic carbocycles. The second-order valence-electron chi connectivity index (χ2n) is 9.78. The van der Waals surface area contributed by atoms with Crippen molar-refractivity contribution in [2.75, 3.05) is 0 Å². The van der Waals surface area contributed by atoms with Gasteiger partial charge in [0.15, 0.2) is 0 Å². The highest BCUT2D eigenvalue weighted by Crippen LogP contribution is 2.63. The molecule has 0 amide bonds. The number of hydrogen-bond donors (Lipinski definition) is 0. The number of allylic oxidation sites excluding steroid dienone is 1. The van der Waals surface area contributed by atoms with Crippen molar-refractivity contribution in [3.05, 3.63) is 21.6 Å². The molecule has 8 bridgehead atoms. The maximum Gasteiger partial charge on any atom is 0.0468 e. The van der Waals surface area contributed by atoms with E-state index in [0.717, 1.165) is 35.5 Å². The Labute approximate surface area is 138 Å². The van der Waals surface area contributed by atoms with Gasteiger partial charge in [-0.3, -0.25) is 0 Å². The fourth-order valence-electron chi connectivity index (χ4n) is 8.50. The third kappa shape index (κ3) is 1.75. The first-order valence-electron chi connectivity index (χ1n) is 10.1. The summed E-state index contributed by atoms with van der Waals surface area (Å²) in [4.78, 5) is 3.26. The highest BCUT2D eigenvalue weighted by Gasteiger charge is 2.54. The minimum Gasteiger partial charge on any atom is -0.0897 e. The van der Waals surface area contributed by atoms with E-state index in [4.69, 9.17) is 5.53 Å². The second kappa shape index (κ2) is 4.57. The molecule has 0 aromatic carbocycles. The molecule has 8 fully saturated rings. The van der Waals surface area contributed by atoms with Gasteiger partial charge < -0.3 is 0 Å². The maximum absolute atomic E-state index is 9.09. The molecule has 8 aliphatic rings. The first-order valence-corrected chi connectivity index (χ1v) is 10.1. The van der Waals surface area contributed by atoms with Crippen molar-refractivity contribution in [1.82, 2.24) is 0 Å². The van der Waals surface area contributed by atoms with Gasteiger partial charge in [-0.15, -0.1) is 0 Å². The van der Waals surface area contributed by atoms with Gasteiger partial charge >= 0.3 is 0 Å². The van der Waals surface area contributed by atoms with Crippen molar-refractivity contribution in [3.63, 3.8) is 0 Å². The van der Waals surface area contributed by atoms with Gasteiger partial charge in [0.1, 0.15) is 0 Å². The summed E-state index contributed by atoms with van der Waals surface area (Å²) in [6.07, 6.45) is 13.0. The number of azide groups is 1. The lowest BCUT2D eigenvalue weighted by Crippen LogP contribution is -2.51. The lowest BCUT2D eigenvalue weighted by molar-refractivity contribution is 0.0296. The van der Waals surface area contributed by atoms with E-state index in [2.05, 4.69) is 10.0 Å². The third-order valence-corrected chi connectivity index (χ3v) is 8.70. The van der Waals surface area contributed by atoms with E-state index in [9.17, 15) is 0 Å². The van der Waals surface area contributed by atoms with Gasteiger partial charge in [-0.25, -0.2) is 0 Å². The molecule has 0 heterocycles. The summed E-state index contributed by atoms with van der Waals surface area (Å²) < 4.78 is 0. The van der Waals surface area contributed by atoms with E-state index >= 15 is 0 Å². The zero-order chi connectivity index (χ0) is 15.1. The zero-order valence-electron chi connectivity index (χ0n) is 13.9. The molecular weight excluding hydrogens is 282 g/mol. The average Bonchev–Trinajstić information content (AvgIpc) is 2.51. The van der Waals surface area contributed by atoms with Gasteiger partial charge in [0.25, 0.3) is 0 Å². The van der Waals surface area contributed by atoms with Crippen LogP contribution < -0.4 is 0 Å². The van der Waals surface area contributed by atoms with Crippen LogP contribution in [0.1, 0.15) is 57.8 Å². The van der Waals surface area contributed by atoms with Crippen molar-refractivity contribution < 1.29 is 0 Å². The van der Waals surface area contributed by atoms with E-state index in [1.54, 1.807) is 0 Å². The maximum atomic E-state index is 9.09. The van der Waals surface area contributed by atoms with E-state index in [1.807, 2.05) is 11.1 Å². The Hall–Kier alpha value is -0.950. The fourth-order valence-corrected chi connectivity index (χ4v) is 8.50.